The van der Waals surface area contributed by atoms with E-state index in [1.54, 1.807) is 0 Å². The van der Waals surface area contributed by atoms with Crippen LogP contribution < -0.4 is 0 Å². The fourth-order valence-corrected chi connectivity index (χ4v) is 2.34. The third-order valence-corrected chi connectivity index (χ3v) is 3.43. The van der Waals surface area contributed by atoms with Crippen LogP contribution in [0.15, 0.2) is 18.5 Å². The van der Waals surface area contributed by atoms with Crippen LogP contribution in [0.25, 0.3) is 0 Å². The van der Waals surface area contributed by atoms with Crippen molar-refractivity contribution in [2.75, 3.05) is 0 Å². The Morgan fingerprint density at radius 1 is 0.941 bits per heavy atom. The van der Waals surface area contributed by atoms with E-state index in [1.807, 2.05) is 12.3 Å². The second kappa shape index (κ2) is 9.26. The van der Waals surface area contributed by atoms with E-state index in [0.717, 1.165) is 0 Å². The smallest absolute Gasteiger partial charge is 0.0519 e. The van der Waals surface area contributed by atoms with Gasteiger partial charge >= 0.3 is 0 Å². The SMILES string of the molecule is CCCCCCC(CCCCC)n1cccn1. The molecule has 0 aliphatic rings. The Hall–Kier alpha value is -0.790. The maximum absolute atomic E-state index is 4.41. The summed E-state index contributed by atoms with van der Waals surface area (Å²) in [6.07, 6.45) is 16.0. The Bertz CT molecular complexity index is 254. The quantitative estimate of drug-likeness (QED) is 0.524. The molecule has 0 N–H and O–H groups in total. The topological polar surface area (TPSA) is 17.8 Å². The van der Waals surface area contributed by atoms with Gasteiger partial charge in [-0.05, 0) is 18.9 Å². The summed E-state index contributed by atoms with van der Waals surface area (Å²) in [6, 6.07) is 2.67. The number of unbranched alkanes of at least 4 members (excludes halogenated alkanes) is 5. The normalized spacial score (nSPS) is 12.8. The van der Waals surface area contributed by atoms with Crippen LogP contribution in [0.5, 0.6) is 0 Å². The van der Waals surface area contributed by atoms with Gasteiger partial charge in [-0.15, -0.1) is 0 Å². The highest BCUT2D eigenvalue weighted by atomic mass is 15.3. The summed E-state index contributed by atoms with van der Waals surface area (Å²) in [4.78, 5) is 0. The van der Waals surface area contributed by atoms with E-state index in [9.17, 15) is 0 Å². The molecule has 1 unspecified atom stereocenters. The molecule has 0 bridgehead atoms. The van der Waals surface area contributed by atoms with Gasteiger partial charge in [0.15, 0.2) is 0 Å². The van der Waals surface area contributed by atoms with Crippen molar-refractivity contribution in [2.24, 2.45) is 0 Å². The molecule has 98 valence electrons. The van der Waals surface area contributed by atoms with E-state index < -0.39 is 0 Å². The zero-order chi connectivity index (χ0) is 12.3. The minimum Gasteiger partial charge on any atom is -0.270 e. The van der Waals surface area contributed by atoms with Crippen molar-refractivity contribution in [1.82, 2.24) is 9.78 Å². The lowest BCUT2D eigenvalue weighted by Crippen LogP contribution is -2.09. The van der Waals surface area contributed by atoms with Crippen LogP contribution in [-0.4, -0.2) is 9.78 Å². The Morgan fingerprint density at radius 3 is 2.18 bits per heavy atom. The Labute approximate surface area is 106 Å². The molecule has 0 saturated heterocycles. The van der Waals surface area contributed by atoms with Gasteiger partial charge in [-0.25, -0.2) is 0 Å². The highest BCUT2D eigenvalue weighted by Gasteiger charge is 2.10. The minimum atomic E-state index is 0.633. The molecular weight excluding hydrogens is 208 g/mol. The molecule has 1 aromatic heterocycles. The van der Waals surface area contributed by atoms with Gasteiger partial charge in [0.25, 0.3) is 0 Å². The van der Waals surface area contributed by atoms with Crippen molar-refractivity contribution in [2.45, 2.75) is 77.7 Å². The van der Waals surface area contributed by atoms with Crippen molar-refractivity contribution in [3.8, 4) is 0 Å². The summed E-state index contributed by atoms with van der Waals surface area (Å²) in [5, 5.41) is 4.41. The predicted molar refractivity (Wildman–Crippen MR) is 74.2 cm³/mol. The lowest BCUT2D eigenvalue weighted by Gasteiger charge is -2.17. The van der Waals surface area contributed by atoms with Crippen LogP contribution in [0.4, 0.5) is 0 Å². The Balaban J connectivity index is 2.31. The van der Waals surface area contributed by atoms with E-state index in [0.29, 0.717) is 6.04 Å². The fourth-order valence-electron chi connectivity index (χ4n) is 2.34. The summed E-state index contributed by atoms with van der Waals surface area (Å²) < 4.78 is 2.17. The molecule has 0 aliphatic heterocycles. The highest BCUT2D eigenvalue weighted by Crippen LogP contribution is 2.22. The first-order valence-corrected chi connectivity index (χ1v) is 7.37. The van der Waals surface area contributed by atoms with Crippen LogP contribution in [0, 0.1) is 0 Å². The monoisotopic (exact) mass is 236 g/mol. The average Bonchev–Trinajstić information content (AvgIpc) is 2.86. The standard InChI is InChI=1S/C15H28N2/c1-3-5-7-9-12-15(11-8-6-4-2)17-14-10-13-16-17/h10,13-15H,3-9,11-12H2,1-2H3. The summed E-state index contributed by atoms with van der Waals surface area (Å²) in [5.41, 5.74) is 0. The van der Waals surface area contributed by atoms with Gasteiger partial charge in [-0.1, -0.05) is 58.8 Å². The molecule has 1 rings (SSSR count). The molecule has 1 heterocycles. The predicted octanol–water partition coefficient (Wildman–Crippen LogP) is 4.97. The second-order valence-corrected chi connectivity index (χ2v) is 4.99. The Kier molecular flexibility index (Phi) is 7.78. The first kappa shape index (κ1) is 14.3. The molecule has 2 nitrogen and oxygen atoms in total. The fraction of sp³-hybridized carbons (Fsp3) is 0.800. The number of aromatic nitrogens is 2. The van der Waals surface area contributed by atoms with E-state index in [4.69, 9.17) is 0 Å². The first-order valence-electron chi connectivity index (χ1n) is 7.37. The van der Waals surface area contributed by atoms with Gasteiger partial charge in [0.05, 0.1) is 6.04 Å². The van der Waals surface area contributed by atoms with E-state index in [2.05, 4.69) is 29.8 Å². The summed E-state index contributed by atoms with van der Waals surface area (Å²) in [6.45, 7) is 4.54. The average molecular weight is 236 g/mol. The molecule has 0 saturated carbocycles. The molecule has 0 amide bonds. The number of hydrogen-bond donors (Lipinski definition) is 0. The lowest BCUT2D eigenvalue weighted by molar-refractivity contribution is 0.369. The van der Waals surface area contributed by atoms with Gasteiger partial charge in [-0.2, -0.15) is 5.10 Å². The van der Waals surface area contributed by atoms with Crippen molar-refractivity contribution in [1.29, 1.82) is 0 Å². The van der Waals surface area contributed by atoms with Gasteiger partial charge < -0.3 is 0 Å². The van der Waals surface area contributed by atoms with Crippen LogP contribution in [0.3, 0.4) is 0 Å². The minimum absolute atomic E-state index is 0.633. The largest absolute Gasteiger partial charge is 0.270 e. The van der Waals surface area contributed by atoms with Crippen molar-refractivity contribution in [3.63, 3.8) is 0 Å². The van der Waals surface area contributed by atoms with Gasteiger partial charge in [0.1, 0.15) is 0 Å². The van der Waals surface area contributed by atoms with Crippen LogP contribution in [0.2, 0.25) is 0 Å². The van der Waals surface area contributed by atoms with Crippen LogP contribution in [-0.2, 0) is 0 Å². The maximum Gasteiger partial charge on any atom is 0.0519 e. The summed E-state index contributed by atoms with van der Waals surface area (Å²) in [5.74, 6) is 0. The van der Waals surface area contributed by atoms with E-state index >= 15 is 0 Å². The van der Waals surface area contributed by atoms with Gasteiger partial charge in [-0.3, -0.25) is 4.68 Å². The molecule has 1 aromatic rings. The highest BCUT2D eigenvalue weighted by molar-refractivity contribution is 4.81. The molecular formula is C15H28N2. The number of hydrogen-bond acceptors (Lipinski definition) is 1. The molecule has 0 aliphatic carbocycles. The van der Waals surface area contributed by atoms with Gasteiger partial charge in [0.2, 0.25) is 0 Å². The van der Waals surface area contributed by atoms with Crippen LogP contribution >= 0.6 is 0 Å². The summed E-state index contributed by atoms with van der Waals surface area (Å²) in [7, 11) is 0. The maximum atomic E-state index is 4.41. The molecule has 0 spiro atoms. The van der Waals surface area contributed by atoms with Gasteiger partial charge in [0, 0.05) is 12.4 Å². The van der Waals surface area contributed by atoms with Crippen molar-refractivity contribution in [3.05, 3.63) is 18.5 Å². The first-order chi connectivity index (χ1) is 8.38. The van der Waals surface area contributed by atoms with Crippen molar-refractivity contribution < 1.29 is 0 Å². The molecule has 0 fully saturated rings. The van der Waals surface area contributed by atoms with E-state index in [1.165, 1.54) is 57.8 Å². The molecule has 0 radical (unpaired) electrons. The molecule has 0 aromatic carbocycles. The Morgan fingerprint density at radius 2 is 1.59 bits per heavy atom. The van der Waals surface area contributed by atoms with Crippen LogP contribution in [0.1, 0.15) is 77.7 Å². The molecule has 17 heavy (non-hydrogen) atoms. The third-order valence-electron chi connectivity index (χ3n) is 3.43. The third kappa shape index (κ3) is 5.90. The summed E-state index contributed by atoms with van der Waals surface area (Å²) >= 11 is 0. The molecule has 1 atom stereocenters. The molecule has 2 heteroatoms. The van der Waals surface area contributed by atoms with E-state index in [-0.39, 0.29) is 0 Å². The lowest BCUT2D eigenvalue weighted by atomic mass is 10.0. The zero-order valence-electron chi connectivity index (χ0n) is 11.6. The van der Waals surface area contributed by atoms with Crippen molar-refractivity contribution >= 4 is 0 Å². The number of rotatable bonds is 10. The second-order valence-electron chi connectivity index (χ2n) is 4.99. The zero-order valence-corrected chi connectivity index (χ0v) is 11.6. The number of nitrogens with zero attached hydrogens (tertiary/aromatic N) is 2.